The molecule has 0 radical (unpaired) electrons. The second-order valence-electron chi connectivity index (χ2n) is 3.38. The predicted octanol–water partition coefficient (Wildman–Crippen LogP) is 5.67. The number of phenolic OH excluding ortho intramolecular Hbond substituents is 1. The minimum atomic E-state index is -0.0536. The maximum absolute atomic E-state index is 9.58. The van der Waals surface area contributed by atoms with E-state index in [0.29, 0.717) is 26.2 Å². The number of phenols is 1. The van der Waals surface area contributed by atoms with Crippen molar-refractivity contribution in [1.82, 2.24) is 0 Å². The molecule has 1 nitrogen and oxygen atoms in total. The molecule has 0 heterocycles. The summed E-state index contributed by atoms with van der Waals surface area (Å²) in [7, 11) is 0. The number of halogens is 4. The van der Waals surface area contributed by atoms with Gasteiger partial charge in [-0.25, -0.2) is 0 Å². The number of aromatic hydroxyl groups is 1. The van der Waals surface area contributed by atoms with Crippen LogP contribution in [0.4, 0.5) is 0 Å². The lowest BCUT2D eigenvalue weighted by Gasteiger charge is -2.10. The van der Waals surface area contributed by atoms with E-state index < -0.39 is 0 Å². The van der Waals surface area contributed by atoms with E-state index in [4.69, 9.17) is 46.4 Å². The van der Waals surface area contributed by atoms with Gasteiger partial charge in [-0.2, -0.15) is 0 Å². The van der Waals surface area contributed by atoms with Crippen molar-refractivity contribution in [3.8, 4) is 16.9 Å². The van der Waals surface area contributed by atoms with Crippen molar-refractivity contribution in [2.24, 2.45) is 0 Å². The van der Waals surface area contributed by atoms with Crippen LogP contribution in [0.2, 0.25) is 20.1 Å². The highest BCUT2D eigenvalue weighted by molar-refractivity contribution is 6.42. The highest BCUT2D eigenvalue weighted by Gasteiger charge is 2.15. The van der Waals surface area contributed by atoms with Crippen LogP contribution in [0.15, 0.2) is 30.3 Å². The number of hydrogen-bond donors (Lipinski definition) is 1. The third-order valence-corrected chi connectivity index (χ3v) is 3.53. The summed E-state index contributed by atoms with van der Waals surface area (Å²) in [5.74, 6) is -0.0536. The van der Waals surface area contributed by atoms with Crippen molar-refractivity contribution >= 4 is 46.4 Å². The fourth-order valence-electron chi connectivity index (χ4n) is 1.48. The van der Waals surface area contributed by atoms with Crippen molar-refractivity contribution in [2.75, 3.05) is 0 Å². The fourth-order valence-corrected chi connectivity index (χ4v) is 2.44. The van der Waals surface area contributed by atoms with Gasteiger partial charge in [-0.05, 0) is 30.3 Å². The van der Waals surface area contributed by atoms with Crippen molar-refractivity contribution in [3.05, 3.63) is 50.4 Å². The van der Waals surface area contributed by atoms with Crippen molar-refractivity contribution < 1.29 is 5.11 Å². The summed E-state index contributed by atoms with van der Waals surface area (Å²) in [5, 5.41) is 11.1. The Bertz CT molecular complexity index is 581. The molecule has 0 aromatic heterocycles. The summed E-state index contributed by atoms with van der Waals surface area (Å²) >= 11 is 24.1. The van der Waals surface area contributed by atoms with Gasteiger partial charge in [0.05, 0.1) is 10.0 Å². The Morgan fingerprint density at radius 2 is 1.47 bits per heavy atom. The molecule has 2 aromatic rings. The Hall–Kier alpha value is -0.600. The summed E-state index contributed by atoms with van der Waals surface area (Å²) in [6.07, 6.45) is 0. The second-order valence-corrected chi connectivity index (χ2v) is 5.01. The maximum atomic E-state index is 9.58. The van der Waals surface area contributed by atoms with Gasteiger partial charge in [0.1, 0.15) is 5.75 Å². The molecule has 17 heavy (non-hydrogen) atoms. The molecule has 0 saturated carbocycles. The number of benzene rings is 2. The summed E-state index contributed by atoms with van der Waals surface area (Å²) in [6.45, 7) is 0. The highest BCUT2D eigenvalue weighted by Crippen LogP contribution is 2.43. The molecule has 0 bridgehead atoms. The van der Waals surface area contributed by atoms with Crippen LogP contribution in [0.25, 0.3) is 11.1 Å². The van der Waals surface area contributed by atoms with E-state index in [9.17, 15) is 5.11 Å². The second kappa shape index (κ2) is 4.95. The van der Waals surface area contributed by atoms with Crippen LogP contribution in [0.5, 0.6) is 5.75 Å². The van der Waals surface area contributed by atoms with Crippen molar-refractivity contribution in [1.29, 1.82) is 0 Å². The van der Waals surface area contributed by atoms with E-state index in [0.717, 1.165) is 0 Å². The van der Waals surface area contributed by atoms with Crippen molar-refractivity contribution in [2.45, 2.75) is 0 Å². The Morgan fingerprint density at radius 3 is 2.18 bits per heavy atom. The molecule has 0 spiro atoms. The van der Waals surface area contributed by atoms with Crippen LogP contribution in [-0.4, -0.2) is 5.11 Å². The van der Waals surface area contributed by atoms with Gasteiger partial charge in [-0.15, -0.1) is 0 Å². The third kappa shape index (κ3) is 2.48. The largest absolute Gasteiger partial charge is 0.506 e. The minimum Gasteiger partial charge on any atom is -0.506 e. The molecule has 2 aromatic carbocycles. The van der Waals surface area contributed by atoms with Gasteiger partial charge < -0.3 is 5.11 Å². The lowest BCUT2D eigenvalue weighted by molar-refractivity contribution is 0.476. The molecule has 0 aliphatic rings. The topological polar surface area (TPSA) is 20.2 Å². The van der Waals surface area contributed by atoms with Crippen LogP contribution in [0.1, 0.15) is 0 Å². The molecule has 5 heteroatoms. The van der Waals surface area contributed by atoms with Crippen LogP contribution >= 0.6 is 46.4 Å². The van der Waals surface area contributed by atoms with E-state index in [1.807, 2.05) is 0 Å². The molecule has 2 rings (SSSR count). The quantitative estimate of drug-likeness (QED) is 0.719. The first-order valence-electron chi connectivity index (χ1n) is 4.63. The van der Waals surface area contributed by atoms with Crippen LogP contribution in [0, 0.1) is 0 Å². The Labute approximate surface area is 118 Å². The van der Waals surface area contributed by atoms with E-state index in [1.54, 1.807) is 24.3 Å². The fraction of sp³-hybridized carbons (Fsp3) is 0. The maximum Gasteiger partial charge on any atom is 0.134 e. The Morgan fingerprint density at radius 1 is 0.824 bits per heavy atom. The first-order chi connectivity index (χ1) is 8.00. The molecule has 1 N–H and O–H groups in total. The normalized spacial score (nSPS) is 10.6. The molecular weight excluding hydrogens is 302 g/mol. The molecule has 0 aliphatic carbocycles. The lowest BCUT2D eigenvalue weighted by Crippen LogP contribution is -1.84. The summed E-state index contributed by atoms with van der Waals surface area (Å²) in [4.78, 5) is 0. The van der Waals surface area contributed by atoms with E-state index in [-0.39, 0.29) is 10.8 Å². The summed E-state index contributed by atoms with van der Waals surface area (Å²) in [6, 6.07) is 7.94. The molecule has 0 saturated heterocycles. The van der Waals surface area contributed by atoms with Crippen LogP contribution in [0.3, 0.4) is 0 Å². The zero-order chi connectivity index (χ0) is 12.6. The van der Waals surface area contributed by atoms with Gasteiger partial charge in [0.25, 0.3) is 0 Å². The van der Waals surface area contributed by atoms with Gasteiger partial charge in [-0.3, -0.25) is 0 Å². The standard InChI is InChI=1S/C12H6Cl4O/c13-6-1-2-8(14)7(5-6)11-9(15)3-4-10(17)12(11)16/h1-5,17H. The molecule has 0 aliphatic heterocycles. The zero-order valence-electron chi connectivity index (χ0n) is 8.35. The van der Waals surface area contributed by atoms with Gasteiger partial charge in [0.15, 0.2) is 0 Å². The smallest absolute Gasteiger partial charge is 0.134 e. The first-order valence-corrected chi connectivity index (χ1v) is 6.14. The van der Waals surface area contributed by atoms with Gasteiger partial charge in [0.2, 0.25) is 0 Å². The minimum absolute atomic E-state index is 0.0536. The predicted molar refractivity (Wildman–Crippen MR) is 73.6 cm³/mol. The van der Waals surface area contributed by atoms with Crippen molar-refractivity contribution in [3.63, 3.8) is 0 Å². The van der Waals surface area contributed by atoms with Gasteiger partial charge in [0, 0.05) is 21.2 Å². The first kappa shape index (κ1) is 12.8. The number of hydrogen-bond acceptors (Lipinski definition) is 1. The molecule has 0 unspecified atom stereocenters. The highest BCUT2D eigenvalue weighted by atomic mass is 35.5. The van der Waals surface area contributed by atoms with Crippen LogP contribution in [-0.2, 0) is 0 Å². The van der Waals surface area contributed by atoms with Gasteiger partial charge in [-0.1, -0.05) is 46.4 Å². The number of rotatable bonds is 1. The summed E-state index contributed by atoms with van der Waals surface area (Å²) in [5.41, 5.74) is 1.06. The monoisotopic (exact) mass is 306 g/mol. The molecule has 88 valence electrons. The third-order valence-electron chi connectivity index (χ3n) is 2.27. The van der Waals surface area contributed by atoms with E-state index in [1.165, 1.54) is 6.07 Å². The van der Waals surface area contributed by atoms with E-state index in [2.05, 4.69) is 0 Å². The SMILES string of the molecule is Oc1ccc(Cl)c(-c2cc(Cl)ccc2Cl)c1Cl. The van der Waals surface area contributed by atoms with E-state index >= 15 is 0 Å². The molecule has 0 amide bonds. The summed E-state index contributed by atoms with van der Waals surface area (Å²) < 4.78 is 0. The Kier molecular flexibility index (Phi) is 3.74. The van der Waals surface area contributed by atoms with Crippen LogP contribution < -0.4 is 0 Å². The van der Waals surface area contributed by atoms with Gasteiger partial charge >= 0.3 is 0 Å². The molecular formula is C12H6Cl4O. The molecule has 0 fully saturated rings. The molecule has 0 atom stereocenters. The average Bonchev–Trinajstić information content (AvgIpc) is 2.29. The zero-order valence-corrected chi connectivity index (χ0v) is 11.4. The average molecular weight is 308 g/mol. The lowest BCUT2D eigenvalue weighted by atomic mass is 10.1. The Balaban J connectivity index is 2.76.